The van der Waals surface area contributed by atoms with Gasteiger partial charge in [-0.2, -0.15) is 4.98 Å². The van der Waals surface area contributed by atoms with Gasteiger partial charge in [-0.05, 0) is 33.6 Å². The molecule has 0 fully saturated rings. The zero-order valence-corrected chi connectivity index (χ0v) is 12.2. The highest BCUT2D eigenvalue weighted by Gasteiger charge is 2.15. The Bertz CT molecular complexity index is 762. The maximum Gasteiger partial charge on any atom is 0.243 e. The average Bonchev–Trinajstić information content (AvgIpc) is 2.72. The number of nitrogens with one attached hydrogen (secondary N) is 1. The Kier molecular flexibility index (Phi) is 3.49. The minimum atomic E-state index is -0.452. The Hall–Kier alpha value is -1.80. The van der Waals surface area contributed by atoms with Crippen LogP contribution in [-0.4, -0.2) is 24.6 Å². The molecule has 0 amide bonds. The van der Waals surface area contributed by atoms with E-state index in [1.54, 1.807) is 12.3 Å². The van der Waals surface area contributed by atoms with Crippen LogP contribution in [0.3, 0.4) is 0 Å². The molecule has 0 aromatic carbocycles. The Morgan fingerprint density at radius 1 is 1.45 bits per heavy atom. The Morgan fingerprint density at radius 2 is 2.30 bits per heavy atom. The first-order valence-electron chi connectivity index (χ1n) is 5.54. The van der Waals surface area contributed by atoms with Gasteiger partial charge in [-0.15, -0.1) is 5.10 Å². The molecule has 3 rings (SSSR count). The molecule has 0 bridgehead atoms. The third-order valence-electron chi connectivity index (χ3n) is 2.58. The molecule has 0 aliphatic carbocycles. The largest absolute Gasteiger partial charge is 0.362 e. The number of hydrogen-bond acceptors (Lipinski definition) is 5. The summed E-state index contributed by atoms with van der Waals surface area (Å²) in [5.74, 6) is -0.154. The SMILES string of the molecule is Fc1c(Br)cn2nc(Cl)nc(NCc3ccncn3)c12. The summed E-state index contributed by atoms with van der Waals surface area (Å²) in [5, 5.41) is 6.92. The number of rotatable bonds is 3. The third-order valence-corrected chi connectivity index (χ3v) is 3.29. The summed E-state index contributed by atoms with van der Waals surface area (Å²) in [6, 6.07) is 1.75. The fraction of sp³-hybridized carbons (Fsp3) is 0.0909. The molecule has 1 N–H and O–H groups in total. The van der Waals surface area contributed by atoms with Crippen LogP contribution < -0.4 is 5.32 Å². The summed E-state index contributed by atoms with van der Waals surface area (Å²) in [6.45, 7) is 0.369. The summed E-state index contributed by atoms with van der Waals surface area (Å²) < 4.78 is 15.6. The third kappa shape index (κ3) is 2.44. The molecule has 102 valence electrons. The molecule has 0 unspecified atom stereocenters. The molecule has 3 heterocycles. The lowest BCUT2D eigenvalue weighted by atomic mass is 10.4. The number of halogens is 3. The average molecular weight is 358 g/mol. The first-order valence-corrected chi connectivity index (χ1v) is 6.71. The normalized spacial score (nSPS) is 10.9. The van der Waals surface area contributed by atoms with Gasteiger partial charge in [0.2, 0.25) is 5.28 Å². The molecule has 3 aromatic rings. The molecular formula is C11H7BrClFN6. The van der Waals surface area contributed by atoms with Crippen molar-refractivity contribution in [3.8, 4) is 0 Å². The van der Waals surface area contributed by atoms with Crippen molar-refractivity contribution in [1.82, 2.24) is 24.6 Å². The Balaban J connectivity index is 1.98. The second-order valence-corrected chi connectivity index (χ2v) is 5.06. The fourth-order valence-electron chi connectivity index (χ4n) is 1.71. The first kappa shape index (κ1) is 13.2. The van der Waals surface area contributed by atoms with Crippen LogP contribution in [0.15, 0.2) is 29.3 Å². The van der Waals surface area contributed by atoms with Crippen LogP contribution in [0.2, 0.25) is 5.28 Å². The highest BCUT2D eigenvalue weighted by Crippen LogP contribution is 2.26. The molecule has 0 aliphatic heterocycles. The van der Waals surface area contributed by atoms with Crippen molar-refractivity contribution >= 4 is 38.9 Å². The van der Waals surface area contributed by atoms with Gasteiger partial charge >= 0.3 is 0 Å². The molecule has 6 nitrogen and oxygen atoms in total. The van der Waals surface area contributed by atoms with Gasteiger partial charge in [0.15, 0.2) is 11.6 Å². The number of fused-ring (bicyclic) bond motifs is 1. The van der Waals surface area contributed by atoms with Gasteiger partial charge in [0.25, 0.3) is 0 Å². The fourth-order valence-corrected chi connectivity index (χ4v) is 2.26. The summed E-state index contributed by atoms with van der Waals surface area (Å²) in [5.41, 5.74) is 0.967. The van der Waals surface area contributed by atoms with E-state index >= 15 is 0 Å². The van der Waals surface area contributed by atoms with Gasteiger partial charge in [-0.1, -0.05) is 0 Å². The zero-order chi connectivity index (χ0) is 14.1. The van der Waals surface area contributed by atoms with Crippen LogP contribution >= 0.6 is 27.5 Å². The summed E-state index contributed by atoms with van der Waals surface area (Å²) in [6.07, 6.45) is 4.54. The van der Waals surface area contributed by atoms with Gasteiger partial charge in [0.1, 0.15) is 11.8 Å². The molecule has 3 aromatic heterocycles. The van der Waals surface area contributed by atoms with Crippen molar-refractivity contribution in [2.24, 2.45) is 0 Å². The van der Waals surface area contributed by atoms with Crippen molar-refractivity contribution in [2.75, 3.05) is 5.32 Å². The zero-order valence-electron chi connectivity index (χ0n) is 9.89. The minimum absolute atomic E-state index is 0.0187. The van der Waals surface area contributed by atoms with Gasteiger partial charge < -0.3 is 5.32 Å². The molecule has 0 aliphatic rings. The monoisotopic (exact) mass is 356 g/mol. The number of aromatic nitrogens is 5. The molecule has 9 heteroatoms. The minimum Gasteiger partial charge on any atom is -0.362 e. The van der Waals surface area contributed by atoms with Crippen molar-refractivity contribution in [2.45, 2.75) is 6.54 Å². The number of anilines is 1. The van der Waals surface area contributed by atoms with E-state index in [1.807, 2.05) is 0 Å². The highest BCUT2D eigenvalue weighted by molar-refractivity contribution is 9.10. The van der Waals surface area contributed by atoms with E-state index in [4.69, 9.17) is 11.6 Å². The predicted octanol–water partition coefficient (Wildman–Crippen LogP) is 2.69. The summed E-state index contributed by atoms with van der Waals surface area (Å²) in [7, 11) is 0. The van der Waals surface area contributed by atoms with Crippen LogP contribution in [0.5, 0.6) is 0 Å². The summed E-state index contributed by atoms with van der Waals surface area (Å²) >= 11 is 8.93. The van der Waals surface area contributed by atoms with E-state index in [1.165, 1.54) is 17.0 Å². The smallest absolute Gasteiger partial charge is 0.243 e. The lowest BCUT2D eigenvalue weighted by Crippen LogP contribution is -2.07. The molecule has 0 atom stereocenters. The van der Waals surface area contributed by atoms with Crippen molar-refractivity contribution in [3.05, 3.63) is 46.1 Å². The van der Waals surface area contributed by atoms with Gasteiger partial charge in [0.05, 0.1) is 16.7 Å². The van der Waals surface area contributed by atoms with Gasteiger partial charge in [-0.25, -0.2) is 18.9 Å². The molecule has 20 heavy (non-hydrogen) atoms. The van der Waals surface area contributed by atoms with Crippen molar-refractivity contribution in [1.29, 1.82) is 0 Å². The second-order valence-electron chi connectivity index (χ2n) is 3.87. The van der Waals surface area contributed by atoms with Crippen LogP contribution in [0.4, 0.5) is 10.2 Å². The molecule has 0 spiro atoms. The topological polar surface area (TPSA) is 68.0 Å². The van der Waals surface area contributed by atoms with E-state index in [2.05, 4.69) is 41.3 Å². The van der Waals surface area contributed by atoms with E-state index in [-0.39, 0.29) is 10.8 Å². The van der Waals surface area contributed by atoms with Crippen molar-refractivity contribution in [3.63, 3.8) is 0 Å². The van der Waals surface area contributed by atoms with Crippen molar-refractivity contribution < 1.29 is 4.39 Å². The Morgan fingerprint density at radius 3 is 3.05 bits per heavy atom. The van der Waals surface area contributed by atoms with Gasteiger partial charge in [-0.3, -0.25) is 0 Å². The van der Waals surface area contributed by atoms with E-state index in [0.29, 0.717) is 16.8 Å². The van der Waals surface area contributed by atoms with Crippen LogP contribution in [0, 0.1) is 5.82 Å². The van der Waals surface area contributed by atoms with E-state index < -0.39 is 5.82 Å². The van der Waals surface area contributed by atoms with E-state index in [9.17, 15) is 4.39 Å². The maximum atomic E-state index is 14.0. The number of nitrogens with zero attached hydrogens (tertiary/aromatic N) is 5. The lowest BCUT2D eigenvalue weighted by Gasteiger charge is -2.07. The molecule has 0 saturated carbocycles. The maximum absolute atomic E-state index is 14.0. The molecule has 0 saturated heterocycles. The standard InChI is InChI=1S/C11H7BrClFN6/c12-7-4-20-9(8(7)14)10(18-11(13)19-20)16-3-6-1-2-15-5-17-6/h1-2,4-5H,3H2,(H,16,18,19). The molecule has 0 radical (unpaired) electrons. The Labute approximate surface area is 126 Å². The number of hydrogen-bond donors (Lipinski definition) is 1. The lowest BCUT2D eigenvalue weighted by molar-refractivity contribution is 0.633. The molecular weight excluding hydrogens is 351 g/mol. The first-order chi connectivity index (χ1) is 9.65. The summed E-state index contributed by atoms with van der Waals surface area (Å²) in [4.78, 5) is 11.9. The van der Waals surface area contributed by atoms with Crippen LogP contribution in [0.1, 0.15) is 5.69 Å². The van der Waals surface area contributed by atoms with Crippen LogP contribution in [-0.2, 0) is 6.54 Å². The van der Waals surface area contributed by atoms with E-state index in [0.717, 1.165) is 5.69 Å². The van der Waals surface area contributed by atoms with Gasteiger partial charge in [0, 0.05) is 12.4 Å². The second kappa shape index (κ2) is 5.29. The predicted molar refractivity (Wildman–Crippen MR) is 75.0 cm³/mol. The van der Waals surface area contributed by atoms with Crippen LogP contribution in [0.25, 0.3) is 5.52 Å². The highest BCUT2D eigenvalue weighted by atomic mass is 79.9. The quantitative estimate of drug-likeness (QED) is 0.780.